The maximum atomic E-state index is 5.85. The van der Waals surface area contributed by atoms with Gasteiger partial charge in [0.1, 0.15) is 5.75 Å². The summed E-state index contributed by atoms with van der Waals surface area (Å²) in [6.45, 7) is 10.3. The minimum atomic E-state index is -0.556. The van der Waals surface area contributed by atoms with Crippen LogP contribution in [0, 0.1) is 13.8 Å². The van der Waals surface area contributed by atoms with Crippen molar-refractivity contribution in [3.8, 4) is 5.75 Å². The standard InChI is InChI=1S/C15H22O3/c1-5-15(17-7-8-18-15)13-9-12(4)14(16-6-2)10-11(13)3/h9-10H,5-8H2,1-4H3. The summed E-state index contributed by atoms with van der Waals surface area (Å²) >= 11 is 0. The van der Waals surface area contributed by atoms with E-state index in [2.05, 4.69) is 32.9 Å². The largest absolute Gasteiger partial charge is 0.494 e. The highest BCUT2D eigenvalue weighted by atomic mass is 16.7. The molecule has 3 nitrogen and oxygen atoms in total. The van der Waals surface area contributed by atoms with Crippen molar-refractivity contribution < 1.29 is 14.2 Å². The highest BCUT2D eigenvalue weighted by Crippen LogP contribution is 2.38. The SMILES string of the molecule is CCOc1cc(C)c(C2(CC)OCCO2)cc1C. The Bertz CT molecular complexity index is 420. The van der Waals surface area contributed by atoms with E-state index in [1.807, 2.05) is 6.92 Å². The van der Waals surface area contributed by atoms with E-state index in [0.29, 0.717) is 19.8 Å². The van der Waals surface area contributed by atoms with Gasteiger partial charge in [-0.15, -0.1) is 0 Å². The van der Waals surface area contributed by atoms with Crippen LogP contribution in [0.3, 0.4) is 0 Å². The zero-order valence-electron chi connectivity index (χ0n) is 11.7. The van der Waals surface area contributed by atoms with Gasteiger partial charge in [-0.3, -0.25) is 0 Å². The summed E-state index contributed by atoms with van der Waals surface area (Å²) < 4.78 is 17.3. The van der Waals surface area contributed by atoms with Gasteiger partial charge in [0.25, 0.3) is 0 Å². The minimum Gasteiger partial charge on any atom is -0.494 e. The Morgan fingerprint density at radius 2 is 1.78 bits per heavy atom. The van der Waals surface area contributed by atoms with Crippen LogP contribution >= 0.6 is 0 Å². The van der Waals surface area contributed by atoms with Crippen molar-refractivity contribution in [1.29, 1.82) is 0 Å². The highest BCUT2D eigenvalue weighted by Gasteiger charge is 2.38. The number of aryl methyl sites for hydroxylation is 2. The Morgan fingerprint density at radius 3 is 2.33 bits per heavy atom. The van der Waals surface area contributed by atoms with Crippen molar-refractivity contribution >= 4 is 0 Å². The Kier molecular flexibility index (Phi) is 3.93. The molecule has 3 heteroatoms. The Labute approximate surface area is 109 Å². The van der Waals surface area contributed by atoms with E-state index >= 15 is 0 Å². The maximum absolute atomic E-state index is 5.85. The Morgan fingerprint density at radius 1 is 1.11 bits per heavy atom. The lowest BCUT2D eigenvalue weighted by Gasteiger charge is -2.29. The van der Waals surface area contributed by atoms with E-state index in [9.17, 15) is 0 Å². The molecular weight excluding hydrogens is 228 g/mol. The van der Waals surface area contributed by atoms with Crippen molar-refractivity contribution in [2.75, 3.05) is 19.8 Å². The first kappa shape index (κ1) is 13.4. The van der Waals surface area contributed by atoms with Crippen molar-refractivity contribution in [1.82, 2.24) is 0 Å². The summed E-state index contributed by atoms with van der Waals surface area (Å²) in [5.74, 6) is 0.391. The number of hydrogen-bond acceptors (Lipinski definition) is 3. The molecular formula is C15H22O3. The molecule has 0 aliphatic carbocycles. The van der Waals surface area contributed by atoms with Crippen molar-refractivity contribution in [2.45, 2.75) is 39.9 Å². The van der Waals surface area contributed by atoms with Gasteiger partial charge in [0, 0.05) is 12.0 Å². The van der Waals surface area contributed by atoms with Crippen LogP contribution in [-0.4, -0.2) is 19.8 Å². The predicted molar refractivity (Wildman–Crippen MR) is 71.0 cm³/mol. The quantitative estimate of drug-likeness (QED) is 0.820. The smallest absolute Gasteiger partial charge is 0.194 e. The summed E-state index contributed by atoms with van der Waals surface area (Å²) in [6, 6.07) is 4.21. The van der Waals surface area contributed by atoms with Crippen molar-refractivity contribution in [3.63, 3.8) is 0 Å². The molecule has 1 aliphatic heterocycles. The molecule has 0 bridgehead atoms. The van der Waals surface area contributed by atoms with Crippen LogP contribution in [0.1, 0.15) is 37.0 Å². The fourth-order valence-corrected chi connectivity index (χ4v) is 2.52. The van der Waals surface area contributed by atoms with E-state index in [4.69, 9.17) is 14.2 Å². The summed E-state index contributed by atoms with van der Waals surface area (Å²) in [5.41, 5.74) is 3.42. The van der Waals surface area contributed by atoms with Crippen molar-refractivity contribution in [3.05, 3.63) is 28.8 Å². The molecule has 1 aliphatic rings. The van der Waals surface area contributed by atoms with Gasteiger partial charge in [-0.05, 0) is 44.0 Å². The van der Waals surface area contributed by atoms with Crippen LogP contribution in [0.5, 0.6) is 5.75 Å². The average molecular weight is 250 g/mol. The summed E-state index contributed by atoms with van der Waals surface area (Å²) in [6.07, 6.45) is 0.821. The second-order valence-electron chi connectivity index (χ2n) is 4.67. The lowest BCUT2D eigenvalue weighted by Crippen LogP contribution is -2.27. The molecule has 2 rings (SSSR count). The molecule has 0 spiro atoms. The molecule has 1 saturated heterocycles. The summed E-state index contributed by atoms with van der Waals surface area (Å²) in [7, 11) is 0. The maximum Gasteiger partial charge on any atom is 0.194 e. The van der Waals surface area contributed by atoms with E-state index in [0.717, 1.165) is 28.9 Å². The first-order valence-corrected chi connectivity index (χ1v) is 6.65. The first-order valence-electron chi connectivity index (χ1n) is 6.65. The summed E-state index contributed by atoms with van der Waals surface area (Å²) in [4.78, 5) is 0. The van der Waals surface area contributed by atoms with Crippen LogP contribution in [0.15, 0.2) is 12.1 Å². The molecule has 1 fully saturated rings. The fourth-order valence-electron chi connectivity index (χ4n) is 2.52. The molecule has 1 aromatic rings. The molecule has 18 heavy (non-hydrogen) atoms. The molecule has 0 atom stereocenters. The molecule has 0 radical (unpaired) electrons. The van der Waals surface area contributed by atoms with Crippen LogP contribution in [-0.2, 0) is 15.3 Å². The second kappa shape index (κ2) is 5.29. The molecule has 0 aromatic heterocycles. The molecule has 1 aromatic carbocycles. The van der Waals surface area contributed by atoms with Crippen LogP contribution in [0.2, 0.25) is 0 Å². The fraction of sp³-hybridized carbons (Fsp3) is 0.600. The first-order chi connectivity index (χ1) is 8.63. The molecule has 0 amide bonds. The normalized spacial score (nSPS) is 18.0. The number of rotatable bonds is 4. The highest BCUT2D eigenvalue weighted by molar-refractivity contribution is 5.43. The van der Waals surface area contributed by atoms with Crippen molar-refractivity contribution in [2.24, 2.45) is 0 Å². The third-order valence-electron chi connectivity index (χ3n) is 3.45. The lowest BCUT2D eigenvalue weighted by atomic mass is 9.95. The Hall–Kier alpha value is -1.06. The second-order valence-corrected chi connectivity index (χ2v) is 4.67. The molecule has 1 heterocycles. The third-order valence-corrected chi connectivity index (χ3v) is 3.45. The zero-order valence-corrected chi connectivity index (χ0v) is 11.7. The average Bonchev–Trinajstić information content (AvgIpc) is 2.83. The van der Waals surface area contributed by atoms with Crippen LogP contribution in [0.4, 0.5) is 0 Å². The molecule has 100 valence electrons. The van der Waals surface area contributed by atoms with E-state index in [-0.39, 0.29) is 0 Å². The monoisotopic (exact) mass is 250 g/mol. The van der Waals surface area contributed by atoms with Crippen LogP contribution < -0.4 is 4.74 Å². The minimum absolute atomic E-state index is 0.556. The van der Waals surface area contributed by atoms with Gasteiger partial charge < -0.3 is 14.2 Å². The Balaban J connectivity index is 2.42. The van der Waals surface area contributed by atoms with Gasteiger partial charge in [-0.1, -0.05) is 6.92 Å². The van der Waals surface area contributed by atoms with Gasteiger partial charge in [-0.25, -0.2) is 0 Å². The van der Waals surface area contributed by atoms with E-state index < -0.39 is 5.79 Å². The number of ether oxygens (including phenoxy) is 3. The van der Waals surface area contributed by atoms with E-state index in [1.54, 1.807) is 0 Å². The molecule has 0 unspecified atom stereocenters. The topological polar surface area (TPSA) is 27.7 Å². The lowest BCUT2D eigenvalue weighted by molar-refractivity contribution is -0.168. The number of benzene rings is 1. The van der Waals surface area contributed by atoms with Gasteiger partial charge in [0.05, 0.1) is 19.8 Å². The third kappa shape index (κ3) is 2.25. The van der Waals surface area contributed by atoms with Gasteiger partial charge in [0.15, 0.2) is 5.79 Å². The molecule has 0 saturated carbocycles. The number of hydrogen-bond donors (Lipinski definition) is 0. The van der Waals surface area contributed by atoms with Crippen LogP contribution in [0.25, 0.3) is 0 Å². The van der Waals surface area contributed by atoms with Gasteiger partial charge in [0.2, 0.25) is 0 Å². The molecule has 0 N–H and O–H groups in total. The summed E-state index contributed by atoms with van der Waals surface area (Å²) in [5, 5.41) is 0. The zero-order chi connectivity index (χ0) is 13.2. The van der Waals surface area contributed by atoms with Gasteiger partial charge >= 0.3 is 0 Å². The van der Waals surface area contributed by atoms with Gasteiger partial charge in [-0.2, -0.15) is 0 Å². The van der Waals surface area contributed by atoms with E-state index in [1.165, 1.54) is 0 Å². The predicted octanol–water partition coefficient (Wildman–Crippen LogP) is 3.31.